The van der Waals surface area contributed by atoms with Crippen LogP contribution in [0.25, 0.3) is 0 Å². The molecule has 0 bridgehead atoms. The van der Waals surface area contributed by atoms with Crippen LogP contribution in [-0.4, -0.2) is 34.0 Å². The highest BCUT2D eigenvalue weighted by Gasteiger charge is 2.14. The first-order valence-electron chi connectivity index (χ1n) is 6.18. The van der Waals surface area contributed by atoms with Gasteiger partial charge in [-0.05, 0) is 25.1 Å². The molecule has 3 N–H and O–H groups in total. The molecule has 0 spiro atoms. The summed E-state index contributed by atoms with van der Waals surface area (Å²) in [5.74, 6) is 0.296. The number of pyridine rings is 1. The molecular formula is C13H22N4O. The summed E-state index contributed by atoms with van der Waals surface area (Å²) in [6.45, 7) is 8.54. The van der Waals surface area contributed by atoms with Crippen molar-refractivity contribution < 1.29 is 5.21 Å². The van der Waals surface area contributed by atoms with E-state index in [0.717, 1.165) is 25.3 Å². The van der Waals surface area contributed by atoms with Gasteiger partial charge in [-0.1, -0.05) is 25.1 Å². The van der Waals surface area contributed by atoms with Crippen molar-refractivity contribution in [2.24, 2.45) is 16.8 Å². The Labute approximate surface area is 108 Å². The van der Waals surface area contributed by atoms with E-state index in [2.05, 4.69) is 35.0 Å². The fraction of sp³-hybridized carbons (Fsp3) is 0.538. The Hall–Kier alpha value is -1.62. The van der Waals surface area contributed by atoms with Gasteiger partial charge in [0, 0.05) is 25.2 Å². The standard InChI is InChI=1S/C13H22N4O/c1-4-17(8-11(3)13(14)16-18)9-12-10(2)6-5-7-15-12/h5-7,11,18H,4,8-9H2,1-3H3,(H2,14,16). The van der Waals surface area contributed by atoms with Crippen LogP contribution < -0.4 is 5.73 Å². The second-order valence-electron chi connectivity index (χ2n) is 4.52. The van der Waals surface area contributed by atoms with Gasteiger partial charge in [0.1, 0.15) is 5.84 Å². The van der Waals surface area contributed by atoms with Crippen LogP contribution in [0.1, 0.15) is 25.1 Å². The number of rotatable bonds is 6. The number of hydrogen-bond acceptors (Lipinski definition) is 4. The smallest absolute Gasteiger partial charge is 0.143 e. The molecule has 0 saturated heterocycles. The van der Waals surface area contributed by atoms with E-state index in [9.17, 15) is 0 Å². The molecule has 1 rings (SSSR count). The first kappa shape index (κ1) is 14.4. The Bertz CT molecular complexity index is 406. The van der Waals surface area contributed by atoms with Crippen LogP contribution in [-0.2, 0) is 6.54 Å². The summed E-state index contributed by atoms with van der Waals surface area (Å²) in [5.41, 5.74) is 7.86. The lowest BCUT2D eigenvalue weighted by Gasteiger charge is -2.23. The van der Waals surface area contributed by atoms with Crippen molar-refractivity contribution in [3.8, 4) is 0 Å². The highest BCUT2D eigenvalue weighted by Crippen LogP contribution is 2.09. The fourth-order valence-electron chi connectivity index (χ4n) is 1.78. The second kappa shape index (κ2) is 6.96. The summed E-state index contributed by atoms with van der Waals surface area (Å²) in [7, 11) is 0. The topological polar surface area (TPSA) is 74.7 Å². The molecule has 0 aromatic carbocycles. The third kappa shape index (κ3) is 4.00. The van der Waals surface area contributed by atoms with Gasteiger partial charge >= 0.3 is 0 Å². The molecule has 1 aromatic heterocycles. The maximum Gasteiger partial charge on any atom is 0.143 e. The van der Waals surface area contributed by atoms with Gasteiger partial charge in [0.15, 0.2) is 0 Å². The van der Waals surface area contributed by atoms with Gasteiger partial charge < -0.3 is 10.9 Å². The number of amidine groups is 1. The molecule has 100 valence electrons. The molecule has 18 heavy (non-hydrogen) atoms. The summed E-state index contributed by atoms with van der Waals surface area (Å²) >= 11 is 0. The fourth-order valence-corrected chi connectivity index (χ4v) is 1.78. The molecule has 5 nitrogen and oxygen atoms in total. The van der Waals surface area contributed by atoms with Gasteiger partial charge in [-0.3, -0.25) is 9.88 Å². The molecule has 0 saturated carbocycles. The minimum atomic E-state index is 0.0268. The van der Waals surface area contributed by atoms with Crippen molar-refractivity contribution >= 4 is 5.84 Å². The highest BCUT2D eigenvalue weighted by atomic mass is 16.4. The Morgan fingerprint density at radius 1 is 1.61 bits per heavy atom. The van der Waals surface area contributed by atoms with Gasteiger partial charge in [0.25, 0.3) is 0 Å². The molecule has 0 amide bonds. The van der Waals surface area contributed by atoms with E-state index in [-0.39, 0.29) is 11.8 Å². The number of nitrogens with two attached hydrogens (primary N) is 1. The van der Waals surface area contributed by atoms with Crippen molar-refractivity contribution in [2.45, 2.75) is 27.3 Å². The van der Waals surface area contributed by atoms with Gasteiger partial charge in [0.2, 0.25) is 0 Å². The summed E-state index contributed by atoms with van der Waals surface area (Å²) in [4.78, 5) is 6.62. The van der Waals surface area contributed by atoms with Crippen molar-refractivity contribution in [3.05, 3.63) is 29.6 Å². The van der Waals surface area contributed by atoms with Crippen LogP contribution in [0.4, 0.5) is 0 Å². The Morgan fingerprint density at radius 3 is 2.89 bits per heavy atom. The van der Waals surface area contributed by atoms with E-state index in [4.69, 9.17) is 10.9 Å². The lowest BCUT2D eigenvalue weighted by Crippen LogP contribution is -2.35. The zero-order chi connectivity index (χ0) is 13.5. The van der Waals surface area contributed by atoms with Crippen LogP contribution in [0.3, 0.4) is 0 Å². The molecule has 1 aromatic rings. The summed E-state index contributed by atoms with van der Waals surface area (Å²) in [5, 5.41) is 11.7. The number of oxime groups is 1. The van der Waals surface area contributed by atoms with E-state index in [0.29, 0.717) is 0 Å². The average molecular weight is 250 g/mol. The number of hydrogen-bond donors (Lipinski definition) is 2. The first-order valence-corrected chi connectivity index (χ1v) is 6.18. The van der Waals surface area contributed by atoms with Gasteiger partial charge in [-0.15, -0.1) is 0 Å². The van der Waals surface area contributed by atoms with Gasteiger partial charge in [-0.25, -0.2) is 0 Å². The Balaban J connectivity index is 2.66. The molecule has 0 fully saturated rings. The van der Waals surface area contributed by atoms with Crippen molar-refractivity contribution in [1.82, 2.24) is 9.88 Å². The molecule has 1 atom stereocenters. The lowest BCUT2D eigenvalue weighted by molar-refractivity contribution is 0.254. The highest BCUT2D eigenvalue weighted by molar-refractivity contribution is 5.82. The molecule has 0 radical (unpaired) electrons. The van der Waals surface area contributed by atoms with Crippen molar-refractivity contribution in [2.75, 3.05) is 13.1 Å². The minimum Gasteiger partial charge on any atom is -0.409 e. The lowest BCUT2D eigenvalue weighted by atomic mass is 10.1. The van der Waals surface area contributed by atoms with Crippen molar-refractivity contribution in [1.29, 1.82) is 0 Å². The molecule has 1 unspecified atom stereocenters. The first-order chi connectivity index (χ1) is 8.58. The summed E-state index contributed by atoms with van der Waals surface area (Å²) in [6.07, 6.45) is 1.81. The predicted molar refractivity (Wildman–Crippen MR) is 72.5 cm³/mol. The van der Waals surface area contributed by atoms with Crippen LogP contribution in [0.15, 0.2) is 23.5 Å². The monoisotopic (exact) mass is 250 g/mol. The van der Waals surface area contributed by atoms with Gasteiger partial charge in [-0.2, -0.15) is 0 Å². The average Bonchev–Trinajstić information content (AvgIpc) is 2.39. The normalized spacial score (nSPS) is 13.9. The molecule has 0 aliphatic rings. The van der Waals surface area contributed by atoms with Gasteiger partial charge in [0.05, 0.1) is 5.69 Å². The maximum absolute atomic E-state index is 8.66. The zero-order valence-electron chi connectivity index (χ0n) is 11.3. The van der Waals surface area contributed by atoms with E-state index in [1.807, 2.05) is 19.2 Å². The number of nitrogens with zero attached hydrogens (tertiary/aromatic N) is 3. The zero-order valence-corrected chi connectivity index (χ0v) is 11.3. The van der Waals surface area contributed by atoms with Crippen LogP contribution in [0.5, 0.6) is 0 Å². The van der Waals surface area contributed by atoms with E-state index in [1.54, 1.807) is 0 Å². The third-order valence-corrected chi connectivity index (χ3v) is 3.09. The number of aryl methyl sites for hydroxylation is 1. The largest absolute Gasteiger partial charge is 0.409 e. The summed E-state index contributed by atoms with van der Waals surface area (Å²) in [6, 6.07) is 4.00. The second-order valence-corrected chi connectivity index (χ2v) is 4.52. The van der Waals surface area contributed by atoms with Crippen LogP contribution >= 0.6 is 0 Å². The molecule has 1 heterocycles. The van der Waals surface area contributed by atoms with Crippen molar-refractivity contribution in [3.63, 3.8) is 0 Å². The summed E-state index contributed by atoms with van der Waals surface area (Å²) < 4.78 is 0. The minimum absolute atomic E-state index is 0.0268. The van der Waals surface area contributed by atoms with Crippen LogP contribution in [0.2, 0.25) is 0 Å². The molecule has 0 aliphatic heterocycles. The maximum atomic E-state index is 8.66. The Morgan fingerprint density at radius 2 is 2.33 bits per heavy atom. The third-order valence-electron chi connectivity index (χ3n) is 3.09. The van der Waals surface area contributed by atoms with E-state index in [1.165, 1.54) is 5.56 Å². The molecular weight excluding hydrogens is 228 g/mol. The van der Waals surface area contributed by atoms with Crippen LogP contribution in [0, 0.1) is 12.8 Å². The Kier molecular flexibility index (Phi) is 5.58. The number of aromatic nitrogens is 1. The molecule has 0 aliphatic carbocycles. The predicted octanol–water partition coefficient (Wildman–Crippen LogP) is 1.59. The van der Waals surface area contributed by atoms with E-state index >= 15 is 0 Å². The molecule has 5 heteroatoms. The quantitative estimate of drug-likeness (QED) is 0.348. The van der Waals surface area contributed by atoms with E-state index < -0.39 is 0 Å². The SMILES string of the molecule is CCN(Cc1ncccc1C)CC(C)/C(N)=N/O.